The van der Waals surface area contributed by atoms with E-state index < -0.39 is 0 Å². The maximum absolute atomic E-state index is 10.2. The molecule has 3 rings (SSSR count). The normalized spacial score (nSPS) is 30.6. The van der Waals surface area contributed by atoms with Gasteiger partial charge in [-0.05, 0) is 44.4 Å². The zero-order chi connectivity index (χ0) is 14.5. The summed E-state index contributed by atoms with van der Waals surface area (Å²) in [6.07, 6.45) is 7.39. The average Bonchev–Trinajstić information content (AvgIpc) is 2.95. The van der Waals surface area contributed by atoms with Gasteiger partial charge >= 0.3 is 0 Å². The molecular formula is C18H27NOS. The molecule has 2 nitrogen and oxygen atoms in total. The lowest BCUT2D eigenvalue weighted by molar-refractivity contribution is 0.0390. The summed E-state index contributed by atoms with van der Waals surface area (Å²) in [5.74, 6) is 1.69. The second-order valence-corrected chi connectivity index (χ2v) is 7.59. The number of aliphatic hydroxyl groups is 1. The van der Waals surface area contributed by atoms with Gasteiger partial charge in [-0.3, -0.25) is 4.90 Å². The van der Waals surface area contributed by atoms with Crippen molar-refractivity contribution in [3.63, 3.8) is 0 Å². The van der Waals surface area contributed by atoms with Gasteiger partial charge in [0.15, 0.2) is 0 Å². The van der Waals surface area contributed by atoms with Crippen molar-refractivity contribution < 1.29 is 5.11 Å². The van der Waals surface area contributed by atoms with E-state index in [0.717, 1.165) is 18.7 Å². The Hall–Kier alpha value is -0.510. The summed E-state index contributed by atoms with van der Waals surface area (Å²) in [5, 5.41) is 10.2. The van der Waals surface area contributed by atoms with Crippen molar-refractivity contribution in [2.45, 2.75) is 55.6 Å². The van der Waals surface area contributed by atoms with Crippen LogP contribution in [0.25, 0.3) is 0 Å². The molecule has 1 aromatic carbocycles. The lowest BCUT2D eigenvalue weighted by Crippen LogP contribution is -2.47. The lowest BCUT2D eigenvalue weighted by Gasteiger charge is -2.40. The highest BCUT2D eigenvalue weighted by atomic mass is 32.2. The summed E-state index contributed by atoms with van der Waals surface area (Å²) in [5.41, 5.74) is 0. The Labute approximate surface area is 132 Å². The summed E-state index contributed by atoms with van der Waals surface area (Å²) in [7, 11) is 0. The van der Waals surface area contributed by atoms with Gasteiger partial charge in [0, 0.05) is 29.2 Å². The number of thioether (sulfide) groups is 1. The van der Waals surface area contributed by atoms with Gasteiger partial charge in [0.05, 0.1) is 6.10 Å². The molecule has 0 aromatic heterocycles. The molecule has 2 aliphatic rings. The van der Waals surface area contributed by atoms with E-state index in [-0.39, 0.29) is 6.10 Å². The molecule has 2 fully saturated rings. The number of benzene rings is 1. The fraction of sp³-hybridized carbons (Fsp3) is 0.667. The van der Waals surface area contributed by atoms with Crippen molar-refractivity contribution in [1.82, 2.24) is 4.90 Å². The van der Waals surface area contributed by atoms with Crippen molar-refractivity contribution in [3.05, 3.63) is 30.3 Å². The number of aliphatic hydroxyl groups excluding tert-OH is 1. The first kappa shape index (κ1) is 15.4. The molecule has 116 valence electrons. The lowest BCUT2D eigenvalue weighted by atomic mass is 9.88. The fourth-order valence-electron chi connectivity index (χ4n) is 3.99. The Balaban J connectivity index is 1.52. The number of likely N-dealkylation sites (tertiary alicyclic amines) is 1. The third-order valence-electron chi connectivity index (χ3n) is 5.08. The molecule has 1 aromatic rings. The fourth-order valence-corrected chi connectivity index (χ4v) is 4.91. The standard InChI is InChI=1S/C18H27NOS/c20-18-11-6-9-16(18)17-10-4-5-12-19(17)13-14-21-15-7-2-1-3-8-15/h1-3,7-8,16-18,20H,4-6,9-14H2. The zero-order valence-corrected chi connectivity index (χ0v) is 13.6. The van der Waals surface area contributed by atoms with E-state index in [1.165, 1.54) is 43.5 Å². The van der Waals surface area contributed by atoms with Gasteiger partial charge in [-0.15, -0.1) is 11.8 Å². The van der Waals surface area contributed by atoms with Gasteiger partial charge in [0.1, 0.15) is 0 Å². The molecule has 1 aliphatic carbocycles. The van der Waals surface area contributed by atoms with Crippen molar-refractivity contribution in [2.24, 2.45) is 5.92 Å². The van der Waals surface area contributed by atoms with Crippen LogP contribution in [-0.4, -0.2) is 41.0 Å². The van der Waals surface area contributed by atoms with Crippen LogP contribution in [0.2, 0.25) is 0 Å². The van der Waals surface area contributed by atoms with Crippen molar-refractivity contribution in [2.75, 3.05) is 18.8 Å². The van der Waals surface area contributed by atoms with Crippen molar-refractivity contribution >= 4 is 11.8 Å². The highest BCUT2D eigenvalue weighted by Crippen LogP contribution is 2.35. The zero-order valence-electron chi connectivity index (χ0n) is 12.8. The Morgan fingerprint density at radius 3 is 2.67 bits per heavy atom. The first-order chi connectivity index (χ1) is 10.3. The molecule has 1 aliphatic heterocycles. The summed E-state index contributed by atoms with van der Waals surface area (Å²) in [6, 6.07) is 11.3. The van der Waals surface area contributed by atoms with Crippen LogP contribution in [0.3, 0.4) is 0 Å². The molecule has 0 amide bonds. The van der Waals surface area contributed by atoms with E-state index in [1.54, 1.807) is 0 Å². The molecule has 21 heavy (non-hydrogen) atoms. The minimum atomic E-state index is -0.0441. The van der Waals surface area contributed by atoms with Crippen LogP contribution < -0.4 is 0 Å². The van der Waals surface area contributed by atoms with Crippen LogP contribution in [0.1, 0.15) is 38.5 Å². The highest BCUT2D eigenvalue weighted by Gasteiger charge is 2.36. The second-order valence-electron chi connectivity index (χ2n) is 6.42. The van der Waals surface area contributed by atoms with Crippen LogP contribution in [0, 0.1) is 5.92 Å². The third-order valence-corrected chi connectivity index (χ3v) is 6.07. The number of rotatable bonds is 5. The first-order valence-electron chi connectivity index (χ1n) is 8.44. The molecule has 1 saturated heterocycles. The maximum atomic E-state index is 10.2. The Morgan fingerprint density at radius 1 is 1.05 bits per heavy atom. The smallest absolute Gasteiger partial charge is 0.0583 e. The van der Waals surface area contributed by atoms with Gasteiger partial charge < -0.3 is 5.11 Å². The topological polar surface area (TPSA) is 23.5 Å². The van der Waals surface area contributed by atoms with Gasteiger partial charge in [0.2, 0.25) is 0 Å². The van der Waals surface area contributed by atoms with Gasteiger partial charge in [0.25, 0.3) is 0 Å². The molecule has 0 spiro atoms. The van der Waals surface area contributed by atoms with E-state index in [9.17, 15) is 5.11 Å². The first-order valence-corrected chi connectivity index (χ1v) is 9.43. The van der Waals surface area contributed by atoms with Crippen LogP contribution in [-0.2, 0) is 0 Å². The van der Waals surface area contributed by atoms with Crippen LogP contribution in [0.15, 0.2) is 35.2 Å². The third kappa shape index (κ3) is 4.02. The predicted molar refractivity (Wildman–Crippen MR) is 89.7 cm³/mol. The molecule has 1 saturated carbocycles. The number of hydrogen-bond donors (Lipinski definition) is 1. The molecule has 3 heteroatoms. The Morgan fingerprint density at radius 2 is 1.90 bits per heavy atom. The summed E-state index contributed by atoms with van der Waals surface area (Å²) in [4.78, 5) is 4.03. The monoisotopic (exact) mass is 305 g/mol. The van der Waals surface area contributed by atoms with Gasteiger partial charge in [-0.25, -0.2) is 0 Å². The molecule has 1 heterocycles. The molecule has 3 unspecified atom stereocenters. The quantitative estimate of drug-likeness (QED) is 0.837. The SMILES string of the molecule is OC1CCCC1C1CCCCN1CCSc1ccccc1. The molecule has 0 bridgehead atoms. The maximum Gasteiger partial charge on any atom is 0.0583 e. The van der Waals surface area contributed by atoms with Crippen LogP contribution in [0.4, 0.5) is 0 Å². The highest BCUT2D eigenvalue weighted by molar-refractivity contribution is 7.99. The molecule has 0 radical (unpaired) electrons. The second kappa shape index (κ2) is 7.66. The van der Waals surface area contributed by atoms with E-state index in [4.69, 9.17) is 0 Å². The number of piperidine rings is 1. The number of nitrogens with zero attached hydrogens (tertiary/aromatic N) is 1. The predicted octanol–water partition coefficient (Wildman–Crippen LogP) is 3.79. The van der Waals surface area contributed by atoms with Gasteiger partial charge in [-0.1, -0.05) is 31.0 Å². The summed E-state index contributed by atoms with van der Waals surface area (Å²) < 4.78 is 0. The molecular weight excluding hydrogens is 278 g/mol. The summed E-state index contributed by atoms with van der Waals surface area (Å²) in [6.45, 7) is 2.39. The van der Waals surface area contributed by atoms with Crippen LogP contribution >= 0.6 is 11.8 Å². The molecule has 3 atom stereocenters. The van der Waals surface area contributed by atoms with Crippen LogP contribution in [0.5, 0.6) is 0 Å². The molecule has 1 N–H and O–H groups in total. The average molecular weight is 305 g/mol. The number of hydrogen-bond acceptors (Lipinski definition) is 3. The van der Waals surface area contributed by atoms with E-state index in [2.05, 4.69) is 35.2 Å². The van der Waals surface area contributed by atoms with Gasteiger partial charge in [-0.2, -0.15) is 0 Å². The Kier molecular flexibility index (Phi) is 5.61. The van der Waals surface area contributed by atoms with E-state index in [1.807, 2.05) is 11.8 Å². The minimum absolute atomic E-state index is 0.0441. The van der Waals surface area contributed by atoms with E-state index >= 15 is 0 Å². The largest absolute Gasteiger partial charge is 0.393 e. The van der Waals surface area contributed by atoms with Crippen molar-refractivity contribution in [3.8, 4) is 0 Å². The minimum Gasteiger partial charge on any atom is -0.393 e. The van der Waals surface area contributed by atoms with E-state index in [0.29, 0.717) is 12.0 Å². The van der Waals surface area contributed by atoms with Crippen molar-refractivity contribution in [1.29, 1.82) is 0 Å². The summed E-state index contributed by atoms with van der Waals surface area (Å²) >= 11 is 1.96. The Bertz CT molecular complexity index is 424.